The van der Waals surface area contributed by atoms with Gasteiger partial charge in [0.25, 0.3) is 0 Å². The van der Waals surface area contributed by atoms with Crippen LogP contribution in [0.4, 0.5) is 0 Å². The number of phosphoric acid groups is 2. The fraction of sp³-hybridized carbons (Fsp3) is 0.947. The van der Waals surface area contributed by atoms with Crippen LogP contribution in [0.5, 0.6) is 0 Å². The molecule has 3 N–H and O–H groups in total. The van der Waals surface area contributed by atoms with Crippen LogP contribution >= 0.6 is 15.6 Å². The monoisotopic (exact) mass is 1380 g/mol. The van der Waals surface area contributed by atoms with Crippen molar-refractivity contribution < 1.29 is 80.2 Å². The maximum absolute atomic E-state index is 13.1. The number of hydrogen-bond donors (Lipinski definition) is 3. The third-order valence-electron chi connectivity index (χ3n) is 17.3. The van der Waals surface area contributed by atoms with Gasteiger partial charge in [0.05, 0.1) is 26.4 Å². The van der Waals surface area contributed by atoms with Crippen molar-refractivity contribution in [2.45, 2.75) is 395 Å². The summed E-state index contributed by atoms with van der Waals surface area (Å²) in [5.41, 5.74) is 0. The average Bonchev–Trinajstić information content (AvgIpc) is 1.25. The van der Waals surface area contributed by atoms with Crippen molar-refractivity contribution in [3.8, 4) is 0 Å². The molecule has 0 heterocycles. The SMILES string of the molecule is CC(C)CCCCCCCCCCCCCCCCC(=O)O[C@H](COC(=O)CCCCCCCCCC(C)C)COP(=O)(O)OCC(O)COP(=O)(O)OC[C@@H](COC(=O)CCCCCCCCCCCCC(C)C)OC(=O)CCCCCCCCCCCCCC(C)C. The van der Waals surface area contributed by atoms with E-state index >= 15 is 0 Å². The first kappa shape index (κ1) is 92.1. The highest BCUT2D eigenvalue weighted by Crippen LogP contribution is 2.45. The molecule has 0 saturated heterocycles. The molecule has 17 nitrogen and oxygen atoms in total. The minimum atomic E-state index is -4.96. The van der Waals surface area contributed by atoms with Gasteiger partial charge in [-0.3, -0.25) is 37.3 Å². The topological polar surface area (TPSA) is 237 Å². The Morgan fingerprint density at radius 2 is 0.447 bits per heavy atom. The summed E-state index contributed by atoms with van der Waals surface area (Å²) in [6, 6.07) is 0. The Bertz CT molecular complexity index is 1850. The van der Waals surface area contributed by atoms with Gasteiger partial charge in [0.1, 0.15) is 19.3 Å². The maximum atomic E-state index is 13.1. The lowest BCUT2D eigenvalue weighted by atomic mass is 10.0. The van der Waals surface area contributed by atoms with Gasteiger partial charge in [-0.05, 0) is 49.4 Å². The molecule has 0 amide bonds. The second-order valence-corrected chi connectivity index (χ2v) is 31.9. The first-order chi connectivity index (χ1) is 45.1. The number of hydrogen-bond acceptors (Lipinski definition) is 15. The van der Waals surface area contributed by atoms with Crippen molar-refractivity contribution in [1.29, 1.82) is 0 Å². The van der Waals surface area contributed by atoms with Crippen LogP contribution in [0.1, 0.15) is 376 Å². The van der Waals surface area contributed by atoms with E-state index in [1.165, 1.54) is 173 Å². The van der Waals surface area contributed by atoms with Gasteiger partial charge < -0.3 is 33.8 Å². The molecule has 0 bridgehead atoms. The Balaban J connectivity index is 5.25. The Labute approximate surface area is 575 Å². The van der Waals surface area contributed by atoms with Crippen molar-refractivity contribution in [2.75, 3.05) is 39.6 Å². The van der Waals surface area contributed by atoms with Gasteiger partial charge in [0.15, 0.2) is 12.2 Å². The van der Waals surface area contributed by atoms with Crippen molar-refractivity contribution in [1.82, 2.24) is 0 Å². The van der Waals surface area contributed by atoms with Gasteiger partial charge in [-0.25, -0.2) is 9.13 Å². The van der Waals surface area contributed by atoms with Gasteiger partial charge in [-0.2, -0.15) is 0 Å². The number of phosphoric ester groups is 2. The largest absolute Gasteiger partial charge is 0.472 e. The van der Waals surface area contributed by atoms with Crippen LogP contribution in [0.2, 0.25) is 0 Å². The number of ether oxygens (including phenoxy) is 4. The Morgan fingerprint density at radius 3 is 0.660 bits per heavy atom. The van der Waals surface area contributed by atoms with Crippen LogP contribution in [0.15, 0.2) is 0 Å². The predicted molar refractivity (Wildman–Crippen MR) is 381 cm³/mol. The molecule has 0 aromatic rings. The average molecular weight is 1380 g/mol. The summed E-state index contributed by atoms with van der Waals surface area (Å²) >= 11 is 0. The van der Waals surface area contributed by atoms with Crippen molar-refractivity contribution in [3.05, 3.63) is 0 Å². The van der Waals surface area contributed by atoms with Crippen molar-refractivity contribution >= 4 is 39.5 Å². The fourth-order valence-electron chi connectivity index (χ4n) is 11.4. The van der Waals surface area contributed by atoms with E-state index in [-0.39, 0.29) is 25.7 Å². The van der Waals surface area contributed by atoms with Crippen LogP contribution in [-0.4, -0.2) is 96.7 Å². The van der Waals surface area contributed by atoms with Crippen LogP contribution in [-0.2, 0) is 65.4 Å². The molecule has 0 rings (SSSR count). The summed E-state index contributed by atoms with van der Waals surface area (Å²) in [4.78, 5) is 72.8. The summed E-state index contributed by atoms with van der Waals surface area (Å²) in [5, 5.41) is 10.6. The summed E-state index contributed by atoms with van der Waals surface area (Å²) in [5.74, 6) is 0.902. The zero-order valence-electron chi connectivity index (χ0n) is 61.6. The molecule has 0 saturated carbocycles. The Kier molecular flexibility index (Phi) is 63.1. The molecule has 3 unspecified atom stereocenters. The minimum Gasteiger partial charge on any atom is -0.462 e. The Hall–Kier alpha value is -1.94. The summed E-state index contributed by atoms with van der Waals surface area (Å²) in [7, 11) is -9.91. The molecule has 0 aliphatic rings. The van der Waals surface area contributed by atoms with Gasteiger partial charge in [-0.15, -0.1) is 0 Å². The molecule has 0 fully saturated rings. The highest BCUT2D eigenvalue weighted by Gasteiger charge is 2.30. The third-order valence-corrected chi connectivity index (χ3v) is 19.2. The van der Waals surface area contributed by atoms with Crippen LogP contribution < -0.4 is 0 Å². The molecule has 0 aromatic heterocycles. The number of rotatable bonds is 72. The molecule has 558 valence electrons. The number of unbranched alkanes of at least 4 members (excludes halogenated alkanes) is 38. The number of aliphatic hydroxyl groups excluding tert-OH is 1. The van der Waals surface area contributed by atoms with Crippen molar-refractivity contribution in [3.63, 3.8) is 0 Å². The lowest BCUT2D eigenvalue weighted by molar-refractivity contribution is -0.161. The zero-order chi connectivity index (χ0) is 69.6. The fourth-order valence-corrected chi connectivity index (χ4v) is 13.0. The van der Waals surface area contributed by atoms with Crippen LogP contribution in [0.25, 0.3) is 0 Å². The van der Waals surface area contributed by atoms with Gasteiger partial charge in [-0.1, -0.05) is 325 Å². The zero-order valence-corrected chi connectivity index (χ0v) is 63.4. The molecule has 0 spiro atoms. The van der Waals surface area contributed by atoms with E-state index in [9.17, 15) is 43.2 Å². The minimum absolute atomic E-state index is 0.106. The molecule has 0 aliphatic carbocycles. The van der Waals surface area contributed by atoms with E-state index in [0.717, 1.165) is 114 Å². The first-order valence-electron chi connectivity index (χ1n) is 38.7. The summed E-state index contributed by atoms with van der Waals surface area (Å²) < 4.78 is 68.5. The second-order valence-electron chi connectivity index (χ2n) is 28.9. The van der Waals surface area contributed by atoms with E-state index in [4.69, 9.17) is 37.0 Å². The molecule has 0 aliphatic heterocycles. The molecule has 94 heavy (non-hydrogen) atoms. The summed E-state index contributed by atoms with van der Waals surface area (Å²) in [6.07, 6.45) is 48.6. The number of esters is 4. The van der Waals surface area contributed by atoms with Gasteiger partial charge >= 0.3 is 39.5 Å². The van der Waals surface area contributed by atoms with E-state index in [1.807, 2.05) is 0 Å². The predicted octanol–water partition coefficient (Wildman–Crippen LogP) is 21.7. The lowest BCUT2D eigenvalue weighted by Crippen LogP contribution is -2.30. The van der Waals surface area contributed by atoms with Crippen molar-refractivity contribution in [2.24, 2.45) is 23.7 Å². The first-order valence-corrected chi connectivity index (χ1v) is 41.7. The molecular weight excluding hydrogens is 1230 g/mol. The van der Waals surface area contributed by atoms with Crippen LogP contribution in [0, 0.1) is 23.7 Å². The normalized spacial score (nSPS) is 14.2. The summed E-state index contributed by atoms with van der Waals surface area (Å²) in [6.45, 7) is 14.2. The smallest absolute Gasteiger partial charge is 0.462 e. The third kappa shape index (κ3) is 68.6. The van der Waals surface area contributed by atoms with E-state index in [0.29, 0.717) is 31.6 Å². The quantitative estimate of drug-likeness (QED) is 0.0222. The lowest BCUT2D eigenvalue weighted by Gasteiger charge is -2.21. The number of carbonyl (C=O) groups is 4. The van der Waals surface area contributed by atoms with Gasteiger partial charge in [0.2, 0.25) is 0 Å². The highest BCUT2D eigenvalue weighted by molar-refractivity contribution is 7.47. The number of aliphatic hydroxyl groups is 1. The second kappa shape index (κ2) is 64.4. The molecule has 19 heteroatoms. The highest BCUT2D eigenvalue weighted by atomic mass is 31.2. The maximum Gasteiger partial charge on any atom is 0.472 e. The standard InChI is InChI=1S/C75H146O17P2/c1-65(2)51-43-35-27-20-14-11-9-10-12-16-24-32-41-49-57-74(79)92-71(62-86-73(78)56-48-40-34-26-30-38-46-54-68(7)8)64-90-94(83,84)88-60-69(76)59-87-93(81,82)89-63-70(61-85-72(77)55-47-39-31-23-19-18-22-29-37-45-53-67(5)6)91-75(80)58-50-42-33-25-17-13-15-21-28-36-44-52-66(3)4/h65-71,76H,9-64H2,1-8H3,(H,81,82)(H,83,84)/t69?,70-,71-/m1/s1. The number of carbonyl (C=O) groups excluding carboxylic acids is 4. The van der Waals surface area contributed by atoms with E-state index in [1.54, 1.807) is 0 Å². The van der Waals surface area contributed by atoms with E-state index < -0.39 is 97.5 Å². The Morgan fingerprint density at radius 1 is 0.266 bits per heavy atom. The molecule has 5 atom stereocenters. The molecular formula is C75H146O17P2. The van der Waals surface area contributed by atoms with E-state index in [2.05, 4.69) is 55.4 Å². The molecule has 0 aromatic carbocycles. The van der Waals surface area contributed by atoms with Gasteiger partial charge in [0, 0.05) is 25.7 Å². The van der Waals surface area contributed by atoms with Crippen LogP contribution in [0.3, 0.4) is 0 Å². The molecule has 0 radical (unpaired) electrons.